The number of benzene rings is 3. The average Bonchev–Trinajstić information content (AvgIpc) is 2.72. The molecule has 0 radical (unpaired) electrons. The Kier molecular flexibility index (Phi) is 3.59. The van der Waals surface area contributed by atoms with Crippen molar-refractivity contribution in [2.75, 3.05) is 10.2 Å². The minimum Gasteiger partial charge on any atom is -0.352 e. The van der Waals surface area contributed by atoms with Crippen LogP contribution in [0.3, 0.4) is 0 Å². The lowest BCUT2D eigenvalue weighted by Crippen LogP contribution is -2.18. The van der Waals surface area contributed by atoms with Gasteiger partial charge in [0.2, 0.25) is 0 Å². The Morgan fingerprint density at radius 2 is 1.48 bits per heavy atom. The fourth-order valence-corrected chi connectivity index (χ4v) is 4.12. The highest BCUT2D eigenvalue weighted by Gasteiger charge is 2.25. The average molecular weight is 413 g/mol. The molecule has 1 aromatic heterocycles. The maximum absolute atomic E-state index is 9.49. The molecular formula is C22H13BrN4. The van der Waals surface area contributed by atoms with E-state index in [0.717, 1.165) is 43.7 Å². The van der Waals surface area contributed by atoms with Gasteiger partial charge in [-0.2, -0.15) is 5.26 Å². The minimum atomic E-state index is 0.423. The van der Waals surface area contributed by atoms with Crippen LogP contribution < -0.4 is 10.2 Å². The van der Waals surface area contributed by atoms with Crippen LogP contribution >= 0.6 is 15.9 Å². The molecule has 5 rings (SSSR count). The zero-order valence-electron chi connectivity index (χ0n) is 14.1. The third kappa shape index (κ3) is 2.38. The fraction of sp³-hybridized carbons (Fsp3) is 0. The normalized spacial score (nSPS) is 12.1. The third-order valence-corrected chi connectivity index (χ3v) is 5.35. The maximum atomic E-state index is 9.49. The van der Waals surface area contributed by atoms with Gasteiger partial charge in [-0.25, -0.2) is 4.98 Å². The van der Waals surface area contributed by atoms with Crippen molar-refractivity contribution in [2.45, 2.75) is 0 Å². The number of para-hydroxylation sites is 4. The molecule has 0 aliphatic carbocycles. The summed E-state index contributed by atoms with van der Waals surface area (Å²) in [6.45, 7) is 0. The number of anilines is 5. The van der Waals surface area contributed by atoms with Crippen molar-refractivity contribution < 1.29 is 0 Å². The summed E-state index contributed by atoms with van der Waals surface area (Å²) in [6, 6.07) is 24.6. The number of aromatic nitrogens is 1. The number of fused-ring (bicyclic) bond motifs is 3. The lowest BCUT2D eigenvalue weighted by molar-refractivity contribution is 1.25. The van der Waals surface area contributed by atoms with E-state index in [1.165, 1.54) is 0 Å². The summed E-state index contributed by atoms with van der Waals surface area (Å²) in [5.41, 5.74) is 5.63. The van der Waals surface area contributed by atoms with Crippen molar-refractivity contribution in [2.24, 2.45) is 0 Å². The van der Waals surface area contributed by atoms with Crippen LogP contribution in [-0.4, -0.2) is 4.98 Å². The van der Waals surface area contributed by atoms with Gasteiger partial charge in [0.1, 0.15) is 11.8 Å². The molecule has 0 saturated carbocycles. The number of hydrogen-bond acceptors (Lipinski definition) is 4. The first kappa shape index (κ1) is 15.9. The van der Waals surface area contributed by atoms with E-state index in [4.69, 9.17) is 0 Å². The minimum absolute atomic E-state index is 0.423. The van der Waals surface area contributed by atoms with Crippen LogP contribution in [0, 0.1) is 11.3 Å². The maximum Gasteiger partial charge on any atom is 0.148 e. The van der Waals surface area contributed by atoms with Gasteiger partial charge < -0.3 is 10.2 Å². The van der Waals surface area contributed by atoms with E-state index in [2.05, 4.69) is 67.5 Å². The van der Waals surface area contributed by atoms with Gasteiger partial charge in [-0.15, -0.1) is 0 Å². The zero-order chi connectivity index (χ0) is 18.4. The standard InChI is InChI=1S/C22H13BrN4/c23-15-13-25-18(12-24)14-6-5-11-21(22(14)15)27-19-9-3-1-7-16(19)26-17-8-2-4-10-20(17)27/h1-11,13,26H. The first-order valence-electron chi connectivity index (χ1n) is 8.50. The van der Waals surface area contributed by atoms with Crippen molar-refractivity contribution in [3.8, 4) is 6.07 Å². The Morgan fingerprint density at radius 1 is 0.852 bits per heavy atom. The van der Waals surface area contributed by atoms with Gasteiger partial charge in [0.05, 0.1) is 28.4 Å². The summed E-state index contributed by atoms with van der Waals surface area (Å²) in [5.74, 6) is 0. The second kappa shape index (κ2) is 6.11. The molecule has 0 atom stereocenters. The molecule has 1 N–H and O–H groups in total. The second-order valence-corrected chi connectivity index (χ2v) is 7.12. The van der Waals surface area contributed by atoms with Crippen LogP contribution in [0.4, 0.5) is 28.4 Å². The van der Waals surface area contributed by atoms with Crippen molar-refractivity contribution >= 4 is 55.1 Å². The topological polar surface area (TPSA) is 52.0 Å². The van der Waals surface area contributed by atoms with E-state index in [1.807, 2.05) is 36.4 Å². The smallest absolute Gasteiger partial charge is 0.148 e. The molecule has 128 valence electrons. The van der Waals surface area contributed by atoms with Crippen molar-refractivity contribution in [3.05, 3.63) is 83.1 Å². The lowest BCUT2D eigenvalue weighted by atomic mass is 10.0. The van der Waals surface area contributed by atoms with E-state index >= 15 is 0 Å². The van der Waals surface area contributed by atoms with Crippen molar-refractivity contribution in [1.29, 1.82) is 5.26 Å². The van der Waals surface area contributed by atoms with Crippen molar-refractivity contribution in [3.63, 3.8) is 0 Å². The fourth-order valence-electron chi connectivity index (χ4n) is 3.60. The molecule has 3 aromatic carbocycles. The van der Waals surface area contributed by atoms with E-state index in [-0.39, 0.29) is 0 Å². The molecule has 0 fully saturated rings. The Balaban J connectivity index is 1.88. The summed E-state index contributed by atoms with van der Waals surface area (Å²) >= 11 is 3.64. The summed E-state index contributed by atoms with van der Waals surface area (Å²) in [5, 5.41) is 14.8. The summed E-state index contributed by atoms with van der Waals surface area (Å²) in [6.07, 6.45) is 1.70. The summed E-state index contributed by atoms with van der Waals surface area (Å²) < 4.78 is 0.862. The molecular weight excluding hydrogens is 400 g/mol. The molecule has 1 aliphatic heterocycles. The van der Waals surface area contributed by atoms with E-state index < -0.39 is 0 Å². The van der Waals surface area contributed by atoms with Gasteiger partial charge >= 0.3 is 0 Å². The Labute approximate surface area is 164 Å². The highest BCUT2D eigenvalue weighted by atomic mass is 79.9. The number of halogens is 1. The number of pyridine rings is 1. The number of rotatable bonds is 1. The highest BCUT2D eigenvalue weighted by molar-refractivity contribution is 9.10. The molecule has 0 bridgehead atoms. The predicted octanol–water partition coefficient (Wildman–Crippen LogP) is 6.40. The van der Waals surface area contributed by atoms with Crippen LogP contribution in [0.25, 0.3) is 10.8 Å². The lowest BCUT2D eigenvalue weighted by Gasteiger charge is -2.34. The predicted molar refractivity (Wildman–Crippen MR) is 112 cm³/mol. The second-order valence-electron chi connectivity index (χ2n) is 6.26. The quantitative estimate of drug-likeness (QED) is 0.346. The molecule has 4 nitrogen and oxygen atoms in total. The van der Waals surface area contributed by atoms with Gasteiger partial charge in [0.25, 0.3) is 0 Å². The molecule has 1 aliphatic rings. The van der Waals surface area contributed by atoms with Crippen LogP contribution in [0.2, 0.25) is 0 Å². The zero-order valence-corrected chi connectivity index (χ0v) is 15.7. The molecule has 27 heavy (non-hydrogen) atoms. The highest BCUT2D eigenvalue weighted by Crippen LogP contribution is 2.50. The molecule has 0 unspecified atom stereocenters. The SMILES string of the molecule is N#Cc1ncc(Br)c2c(N3c4ccccc4Nc4ccccc43)cccc12. The number of nitriles is 1. The van der Waals surface area contributed by atoms with Crippen LogP contribution in [0.1, 0.15) is 5.69 Å². The van der Waals surface area contributed by atoms with Crippen LogP contribution in [0.5, 0.6) is 0 Å². The summed E-state index contributed by atoms with van der Waals surface area (Å²) in [4.78, 5) is 6.49. The monoisotopic (exact) mass is 412 g/mol. The number of nitrogens with zero attached hydrogens (tertiary/aromatic N) is 3. The van der Waals surface area contributed by atoms with Gasteiger partial charge in [-0.3, -0.25) is 0 Å². The third-order valence-electron chi connectivity index (χ3n) is 4.75. The molecule has 2 heterocycles. The molecule has 0 amide bonds. The molecule has 4 aromatic rings. The van der Waals surface area contributed by atoms with Crippen LogP contribution in [-0.2, 0) is 0 Å². The first-order valence-corrected chi connectivity index (χ1v) is 9.30. The molecule has 0 spiro atoms. The van der Waals surface area contributed by atoms with Gasteiger partial charge in [0, 0.05) is 21.4 Å². The van der Waals surface area contributed by atoms with E-state index in [9.17, 15) is 5.26 Å². The largest absolute Gasteiger partial charge is 0.352 e. The van der Waals surface area contributed by atoms with Gasteiger partial charge in [-0.05, 0) is 46.3 Å². The number of hydrogen-bond donors (Lipinski definition) is 1. The van der Waals surface area contributed by atoms with E-state index in [1.54, 1.807) is 6.20 Å². The van der Waals surface area contributed by atoms with Gasteiger partial charge in [-0.1, -0.05) is 36.4 Å². The molecule has 0 saturated heterocycles. The molecule has 5 heteroatoms. The Morgan fingerprint density at radius 3 is 2.15 bits per heavy atom. The van der Waals surface area contributed by atoms with Gasteiger partial charge in [0.15, 0.2) is 0 Å². The number of nitrogens with one attached hydrogen (secondary N) is 1. The van der Waals surface area contributed by atoms with Crippen molar-refractivity contribution in [1.82, 2.24) is 4.98 Å². The Bertz CT molecular complexity index is 1200. The van der Waals surface area contributed by atoms with E-state index in [0.29, 0.717) is 5.69 Å². The Hall–Kier alpha value is -3.36. The van der Waals surface area contributed by atoms with Crippen LogP contribution in [0.15, 0.2) is 77.4 Å². The first-order chi connectivity index (χ1) is 13.3. The summed E-state index contributed by atoms with van der Waals surface area (Å²) in [7, 11) is 0.